The van der Waals surface area contributed by atoms with Crippen LogP contribution < -0.4 is 0 Å². The molecule has 0 rings (SSSR count). The Morgan fingerprint density at radius 2 is 2.20 bits per heavy atom. The van der Waals surface area contributed by atoms with Crippen molar-refractivity contribution >= 4 is 19.5 Å². The number of hydrogen-bond donors (Lipinski definition) is 0. The molecule has 0 aromatic heterocycles. The van der Waals surface area contributed by atoms with Crippen molar-refractivity contribution in [1.82, 2.24) is 0 Å². The van der Waals surface area contributed by atoms with Gasteiger partial charge in [0.25, 0.3) is 0 Å². The Bertz CT molecular complexity index is 42.2. The van der Waals surface area contributed by atoms with Crippen molar-refractivity contribution in [2.24, 2.45) is 0 Å². The van der Waals surface area contributed by atoms with Crippen molar-refractivity contribution in [3.8, 4) is 0 Å². The van der Waals surface area contributed by atoms with E-state index in [0.29, 0.717) is 0 Å². The molecule has 0 spiro atoms. The molecule has 5 heavy (non-hydrogen) atoms. The van der Waals surface area contributed by atoms with Crippen LogP contribution in [0.15, 0.2) is 10.6 Å². The molecule has 0 aliphatic heterocycles. The molecule has 0 unspecified atom stereocenters. The van der Waals surface area contributed by atoms with Crippen LogP contribution in [-0.2, 0) is 14.4 Å². The third-order valence-electron chi connectivity index (χ3n) is 0.102. The van der Waals surface area contributed by atoms with Gasteiger partial charge in [-0.05, 0) is 0 Å². The molecule has 0 aliphatic rings. The summed E-state index contributed by atoms with van der Waals surface area (Å²) in [5.41, 5.74) is 0. The molecule has 0 atom stereocenters. The molecule has 0 N–H and O–H groups in total. The van der Waals surface area contributed by atoms with Crippen molar-refractivity contribution in [3.05, 3.63) is 10.6 Å². The van der Waals surface area contributed by atoms with Crippen molar-refractivity contribution in [1.29, 1.82) is 0 Å². The zero-order chi connectivity index (χ0) is 4.28. The van der Waals surface area contributed by atoms with Gasteiger partial charge in [-0.3, -0.25) is 0 Å². The summed E-state index contributed by atoms with van der Waals surface area (Å²) in [5, 5.41) is 0. The van der Waals surface area contributed by atoms with E-state index in [-0.39, 0.29) is 0 Å². The van der Waals surface area contributed by atoms with Crippen molar-refractivity contribution in [3.63, 3.8) is 0 Å². The molecule has 0 amide bonds. The van der Waals surface area contributed by atoms with Crippen LogP contribution >= 0.6 is 19.5 Å². The van der Waals surface area contributed by atoms with Gasteiger partial charge in [-0.1, -0.05) is 0 Å². The van der Waals surface area contributed by atoms with Gasteiger partial charge in [0.1, 0.15) is 0 Å². The third kappa shape index (κ3) is 5.13. The zero-order valence-corrected chi connectivity index (χ0v) is 6.61. The normalized spacial score (nSPS) is 8.40. The molecule has 0 saturated heterocycles. The minimum atomic E-state index is 0.737. The van der Waals surface area contributed by atoms with E-state index < -0.39 is 0 Å². The van der Waals surface area contributed by atoms with Crippen LogP contribution in [0.1, 0.15) is 6.92 Å². The van der Waals surface area contributed by atoms with E-state index >= 15 is 0 Å². The predicted octanol–water partition coefficient (Wildman–Crippen LogP) is 1.95. The van der Waals surface area contributed by atoms with Gasteiger partial charge in [-0.25, -0.2) is 0 Å². The molecule has 0 aliphatic carbocycles. The topological polar surface area (TPSA) is 0 Å². The van der Waals surface area contributed by atoms with Crippen LogP contribution in [0.4, 0.5) is 0 Å². The molecule has 0 aromatic rings. The van der Waals surface area contributed by atoms with Crippen LogP contribution in [0, 0.1) is 0 Å². The molecule has 0 heterocycles. The summed E-state index contributed by atoms with van der Waals surface area (Å²) >= 11 is 3.06. The Morgan fingerprint density at radius 1 is 2.00 bits per heavy atom. The number of hydrogen-bond acceptors (Lipinski definition) is 0. The molecule has 0 aromatic carbocycles. The summed E-state index contributed by atoms with van der Waals surface area (Å²) < 4.78 is 1.29. The number of allylic oxidation sites excluding steroid dienone is 1. The van der Waals surface area contributed by atoms with Crippen LogP contribution in [-0.4, -0.2) is 0 Å². The van der Waals surface area contributed by atoms with E-state index in [0.717, 1.165) is 14.4 Å². The average molecular weight is 274 g/mol. The summed E-state index contributed by atoms with van der Waals surface area (Å²) in [6, 6.07) is 0. The SMILES string of the molecule is C=[C](C)[Pd][I]. The molecule has 0 bridgehead atoms. The van der Waals surface area contributed by atoms with Crippen LogP contribution in [0.2, 0.25) is 0 Å². The predicted molar refractivity (Wildman–Crippen MR) is 28.8 cm³/mol. The molecular weight excluding hydrogens is 269 g/mol. The first-order chi connectivity index (χ1) is 2.27. The summed E-state index contributed by atoms with van der Waals surface area (Å²) in [4.78, 5) is 0. The molecule has 0 saturated carbocycles. The van der Waals surface area contributed by atoms with Gasteiger partial charge in [0, 0.05) is 0 Å². The van der Waals surface area contributed by atoms with Crippen LogP contribution in [0.5, 0.6) is 0 Å². The quantitative estimate of drug-likeness (QED) is 0.506. The average Bonchev–Trinajstić information content (AvgIpc) is 1.38. The van der Waals surface area contributed by atoms with Crippen molar-refractivity contribution in [2.45, 2.75) is 6.92 Å². The van der Waals surface area contributed by atoms with E-state index in [1.54, 1.807) is 0 Å². The Kier molecular flexibility index (Phi) is 4.08. The molecular formula is C3H5IPd. The molecule has 0 nitrogen and oxygen atoms in total. The number of rotatable bonds is 1. The standard InChI is InChI=1S/C3H5.HI.Pd/c1-3-2;;/h1H2,2H3;1H;/q;;+1/p-1. The zero-order valence-electron chi connectivity index (χ0n) is 2.90. The summed E-state index contributed by atoms with van der Waals surface area (Å²) in [5.74, 6) is 0. The van der Waals surface area contributed by atoms with E-state index in [9.17, 15) is 0 Å². The maximum atomic E-state index is 3.69. The van der Waals surface area contributed by atoms with Gasteiger partial charge in [0.15, 0.2) is 0 Å². The van der Waals surface area contributed by atoms with Gasteiger partial charge in [0.05, 0.1) is 0 Å². The second-order valence-electron chi connectivity index (χ2n) is 0.683. The minimum absolute atomic E-state index is 0.737. The third-order valence-corrected chi connectivity index (χ3v) is 4.05. The first-order valence-corrected chi connectivity index (χ1v) is 6.53. The Balaban J connectivity index is 2.85. The molecule has 0 fully saturated rings. The summed E-state index contributed by atoms with van der Waals surface area (Å²) in [6.07, 6.45) is 0. The van der Waals surface area contributed by atoms with Crippen LogP contribution in [0.25, 0.3) is 0 Å². The monoisotopic (exact) mass is 274 g/mol. The van der Waals surface area contributed by atoms with E-state index in [2.05, 4.69) is 26.1 Å². The Labute approximate surface area is 51.2 Å². The maximum absolute atomic E-state index is 3.69. The fourth-order valence-electron chi connectivity index (χ4n) is 0. The van der Waals surface area contributed by atoms with Gasteiger partial charge in [-0.15, -0.1) is 0 Å². The van der Waals surface area contributed by atoms with Gasteiger partial charge >= 0.3 is 51.4 Å². The molecule has 34 valence electrons. The summed E-state index contributed by atoms with van der Waals surface area (Å²) in [7, 11) is 0. The van der Waals surface area contributed by atoms with Crippen molar-refractivity contribution in [2.75, 3.05) is 0 Å². The van der Waals surface area contributed by atoms with E-state index in [1.165, 1.54) is 4.05 Å². The fourth-order valence-corrected chi connectivity index (χ4v) is 0. The van der Waals surface area contributed by atoms with Crippen molar-refractivity contribution < 1.29 is 14.4 Å². The van der Waals surface area contributed by atoms with Gasteiger partial charge in [-0.2, -0.15) is 0 Å². The molecule has 2 heteroatoms. The Hall–Kier alpha value is 1.13. The second kappa shape index (κ2) is 3.33. The summed E-state index contributed by atoms with van der Waals surface area (Å²) in [6.45, 7) is 5.73. The van der Waals surface area contributed by atoms with Gasteiger partial charge in [0.2, 0.25) is 0 Å². The van der Waals surface area contributed by atoms with Crippen LogP contribution in [0.3, 0.4) is 0 Å². The number of halogens is 1. The second-order valence-corrected chi connectivity index (χ2v) is 4.32. The van der Waals surface area contributed by atoms with E-state index in [1.807, 2.05) is 6.92 Å². The fraction of sp³-hybridized carbons (Fsp3) is 0.333. The van der Waals surface area contributed by atoms with E-state index in [4.69, 9.17) is 0 Å². The first kappa shape index (κ1) is 6.13. The Morgan fingerprint density at radius 3 is 2.20 bits per heavy atom. The van der Waals surface area contributed by atoms with Gasteiger partial charge < -0.3 is 0 Å². The first-order valence-electron chi connectivity index (χ1n) is 1.13. The molecule has 0 radical (unpaired) electrons.